The van der Waals surface area contributed by atoms with E-state index in [4.69, 9.17) is 5.26 Å². The summed E-state index contributed by atoms with van der Waals surface area (Å²) in [5.74, 6) is 0.146. The fraction of sp³-hybridized carbons (Fsp3) is 0.333. The third-order valence-electron chi connectivity index (χ3n) is 5.55. The highest BCUT2D eigenvalue weighted by molar-refractivity contribution is 5.93. The van der Waals surface area contributed by atoms with Gasteiger partial charge in [-0.3, -0.25) is 9.69 Å². The first-order chi connectivity index (χ1) is 12.7. The molecule has 0 aromatic heterocycles. The average Bonchev–Trinajstić information content (AvgIpc) is 3.00. The van der Waals surface area contributed by atoms with Gasteiger partial charge in [0.15, 0.2) is 0 Å². The Bertz CT molecular complexity index is 835. The number of carbonyl (C=O) groups is 1. The van der Waals surface area contributed by atoms with Gasteiger partial charge < -0.3 is 10.2 Å². The van der Waals surface area contributed by atoms with Crippen LogP contribution in [0.3, 0.4) is 0 Å². The van der Waals surface area contributed by atoms with Crippen molar-refractivity contribution in [3.8, 4) is 6.07 Å². The zero-order valence-corrected chi connectivity index (χ0v) is 14.7. The van der Waals surface area contributed by atoms with Crippen LogP contribution in [-0.2, 0) is 11.3 Å². The summed E-state index contributed by atoms with van der Waals surface area (Å²) in [7, 11) is 0. The molecule has 26 heavy (non-hydrogen) atoms. The molecule has 4 rings (SSSR count). The third-order valence-corrected chi connectivity index (χ3v) is 5.55. The maximum Gasteiger partial charge on any atom is 0.247 e. The molecule has 1 N–H and O–H groups in total. The van der Waals surface area contributed by atoms with Gasteiger partial charge in [0, 0.05) is 25.3 Å². The van der Waals surface area contributed by atoms with Gasteiger partial charge in [-0.15, -0.1) is 0 Å². The first-order valence-electron chi connectivity index (χ1n) is 9.04. The van der Waals surface area contributed by atoms with Crippen LogP contribution in [0.25, 0.3) is 0 Å². The molecule has 0 bridgehead atoms. The number of hydrogen-bond donors (Lipinski definition) is 1. The lowest BCUT2D eigenvalue weighted by atomic mass is 9.85. The Hall–Kier alpha value is -2.84. The minimum Gasteiger partial charge on any atom is -0.339 e. The highest BCUT2D eigenvalue weighted by atomic mass is 16.2. The Kier molecular flexibility index (Phi) is 4.36. The summed E-state index contributed by atoms with van der Waals surface area (Å²) in [6, 6.07) is 20.1. The number of rotatable bonds is 3. The van der Waals surface area contributed by atoms with Crippen LogP contribution in [0.1, 0.15) is 24.0 Å². The molecule has 5 heteroatoms. The van der Waals surface area contributed by atoms with Crippen molar-refractivity contribution in [1.29, 1.82) is 5.26 Å². The van der Waals surface area contributed by atoms with E-state index in [1.165, 1.54) is 0 Å². The molecular formula is C21H22N4O. The molecule has 2 aliphatic rings. The van der Waals surface area contributed by atoms with Gasteiger partial charge in [-0.1, -0.05) is 30.3 Å². The van der Waals surface area contributed by atoms with E-state index in [2.05, 4.69) is 39.4 Å². The quantitative estimate of drug-likeness (QED) is 0.928. The lowest BCUT2D eigenvalue weighted by Gasteiger charge is -2.43. The summed E-state index contributed by atoms with van der Waals surface area (Å²) in [4.78, 5) is 17.3. The summed E-state index contributed by atoms with van der Waals surface area (Å²) >= 11 is 0. The Labute approximate surface area is 153 Å². The number of nitriles is 1. The molecule has 2 aliphatic heterocycles. The van der Waals surface area contributed by atoms with Crippen molar-refractivity contribution in [2.75, 3.05) is 24.7 Å². The topological polar surface area (TPSA) is 59.4 Å². The number of nitrogens with one attached hydrogen (secondary N) is 1. The van der Waals surface area contributed by atoms with Crippen molar-refractivity contribution < 1.29 is 4.79 Å². The standard InChI is InChI=1S/C21H22N4O/c22-14-17-5-4-6-18(13-17)15-24-11-9-21(10-12-24)20(26)23-16-25(21)19-7-2-1-3-8-19/h1-8,13H,9-12,15-16H2,(H,23,26). The average molecular weight is 346 g/mol. The molecule has 132 valence electrons. The second-order valence-corrected chi connectivity index (χ2v) is 7.05. The van der Waals surface area contributed by atoms with Crippen molar-refractivity contribution in [3.63, 3.8) is 0 Å². The van der Waals surface area contributed by atoms with Gasteiger partial charge in [-0.05, 0) is 42.7 Å². The van der Waals surface area contributed by atoms with Gasteiger partial charge in [-0.25, -0.2) is 0 Å². The monoisotopic (exact) mass is 346 g/mol. The second-order valence-electron chi connectivity index (χ2n) is 7.05. The van der Waals surface area contributed by atoms with E-state index < -0.39 is 5.54 Å². The number of likely N-dealkylation sites (tertiary alicyclic amines) is 1. The van der Waals surface area contributed by atoms with Gasteiger partial charge in [0.2, 0.25) is 5.91 Å². The number of carbonyl (C=O) groups excluding carboxylic acids is 1. The van der Waals surface area contributed by atoms with Crippen LogP contribution in [0.2, 0.25) is 0 Å². The molecule has 0 saturated carbocycles. The molecule has 0 radical (unpaired) electrons. The van der Waals surface area contributed by atoms with Crippen molar-refractivity contribution in [1.82, 2.24) is 10.2 Å². The Morgan fingerprint density at radius 1 is 1.08 bits per heavy atom. The summed E-state index contributed by atoms with van der Waals surface area (Å²) < 4.78 is 0. The van der Waals surface area contributed by atoms with Crippen LogP contribution in [0.15, 0.2) is 54.6 Å². The fourth-order valence-electron chi connectivity index (χ4n) is 4.11. The molecule has 2 heterocycles. The molecule has 2 saturated heterocycles. The zero-order chi connectivity index (χ0) is 18.0. The Morgan fingerprint density at radius 3 is 2.58 bits per heavy atom. The predicted molar refractivity (Wildman–Crippen MR) is 100 cm³/mol. The second kappa shape index (κ2) is 6.81. The predicted octanol–water partition coefficient (Wildman–Crippen LogP) is 2.49. The molecule has 0 aliphatic carbocycles. The van der Waals surface area contributed by atoms with E-state index in [-0.39, 0.29) is 5.91 Å². The maximum absolute atomic E-state index is 12.7. The van der Waals surface area contributed by atoms with Crippen molar-refractivity contribution in [3.05, 3.63) is 65.7 Å². The van der Waals surface area contributed by atoms with E-state index in [1.807, 2.05) is 36.4 Å². The minimum absolute atomic E-state index is 0.146. The van der Waals surface area contributed by atoms with Crippen LogP contribution in [0, 0.1) is 11.3 Å². The van der Waals surface area contributed by atoms with E-state index in [9.17, 15) is 4.79 Å². The fourth-order valence-corrected chi connectivity index (χ4v) is 4.11. The summed E-state index contributed by atoms with van der Waals surface area (Å²) in [5.41, 5.74) is 2.50. The number of anilines is 1. The van der Waals surface area contributed by atoms with Crippen molar-refractivity contribution in [2.45, 2.75) is 24.9 Å². The summed E-state index contributed by atoms with van der Waals surface area (Å²) in [6.07, 6.45) is 1.62. The summed E-state index contributed by atoms with van der Waals surface area (Å²) in [5, 5.41) is 12.1. The van der Waals surface area contributed by atoms with Crippen LogP contribution in [0.5, 0.6) is 0 Å². The van der Waals surface area contributed by atoms with Gasteiger partial charge in [0.25, 0.3) is 0 Å². The number of benzene rings is 2. The van der Waals surface area contributed by atoms with Gasteiger partial charge in [-0.2, -0.15) is 5.26 Å². The van der Waals surface area contributed by atoms with E-state index in [0.717, 1.165) is 43.7 Å². The third kappa shape index (κ3) is 2.93. The maximum atomic E-state index is 12.7. The molecule has 2 aromatic rings. The van der Waals surface area contributed by atoms with E-state index in [1.54, 1.807) is 0 Å². The van der Waals surface area contributed by atoms with Crippen LogP contribution in [0.4, 0.5) is 5.69 Å². The number of hydrogen-bond acceptors (Lipinski definition) is 4. The highest BCUT2D eigenvalue weighted by Gasteiger charge is 2.50. The zero-order valence-electron chi connectivity index (χ0n) is 14.7. The molecule has 0 atom stereocenters. The number of piperidine rings is 1. The SMILES string of the molecule is N#Cc1cccc(CN2CCC3(CC2)C(=O)NCN3c2ccccc2)c1. The molecule has 5 nitrogen and oxygen atoms in total. The van der Waals surface area contributed by atoms with Crippen molar-refractivity contribution in [2.24, 2.45) is 0 Å². The van der Waals surface area contributed by atoms with Gasteiger partial charge in [0.05, 0.1) is 18.3 Å². The lowest BCUT2D eigenvalue weighted by Crippen LogP contribution is -2.56. The van der Waals surface area contributed by atoms with Gasteiger partial charge in [0.1, 0.15) is 5.54 Å². The smallest absolute Gasteiger partial charge is 0.247 e. The normalized spacial score (nSPS) is 19.3. The van der Waals surface area contributed by atoms with Crippen molar-refractivity contribution >= 4 is 11.6 Å². The van der Waals surface area contributed by atoms with E-state index in [0.29, 0.717) is 12.2 Å². The molecule has 0 unspecified atom stereocenters. The summed E-state index contributed by atoms with van der Waals surface area (Å²) in [6.45, 7) is 3.13. The van der Waals surface area contributed by atoms with Crippen LogP contribution < -0.4 is 10.2 Å². The highest BCUT2D eigenvalue weighted by Crippen LogP contribution is 2.36. The Balaban J connectivity index is 1.47. The molecule has 2 fully saturated rings. The van der Waals surface area contributed by atoms with Crippen LogP contribution in [-0.4, -0.2) is 36.1 Å². The molecular weight excluding hydrogens is 324 g/mol. The number of para-hydroxylation sites is 1. The minimum atomic E-state index is -0.438. The molecule has 2 aromatic carbocycles. The van der Waals surface area contributed by atoms with Crippen LogP contribution >= 0.6 is 0 Å². The first kappa shape index (κ1) is 16.6. The number of amides is 1. The van der Waals surface area contributed by atoms with Gasteiger partial charge >= 0.3 is 0 Å². The lowest BCUT2D eigenvalue weighted by molar-refractivity contribution is -0.125. The largest absolute Gasteiger partial charge is 0.339 e. The van der Waals surface area contributed by atoms with E-state index >= 15 is 0 Å². The first-order valence-corrected chi connectivity index (χ1v) is 9.04. The molecule has 1 amide bonds. The Morgan fingerprint density at radius 2 is 1.85 bits per heavy atom. The molecule has 1 spiro atoms. The number of nitrogens with zero attached hydrogens (tertiary/aromatic N) is 3.